The number of carbonyl (C=O) groups excluding carboxylic acids is 2. The predicted octanol–water partition coefficient (Wildman–Crippen LogP) is 2.69. The molecule has 1 rings (SSSR count). The van der Waals surface area contributed by atoms with Gasteiger partial charge in [0.15, 0.2) is 0 Å². The Bertz CT molecular complexity index is 476. The summed E-state index contributed by atoms with van der Waals surface area (Å²) in [5, 5.41) is 16.3. The molecule has 0 bridgehead atoms. The summed E-state index contributed by atoms with van der Waals surface area (Å²) in [7, 11) is 0. The molecule has 1 aliphatic heterocycles. The zero-order valence-electron chi connectivity index (χ0n) is 18.8. The topological polar surface area (TPSA) is 81.7 Å². The fourth-order valence-electron chi connectivity index (χ4n) is 3.98. The second kappa shape index (κ2) is 12.4. The molecule has 28 heavy (non-hydrogen) atoms. The summed E-state index contributed by atoms with van der Waals surface area (Å²) in [6.45, 7) is 13.6. The van der Waals surface area contributed by atoms with Crippen molar-refractivity contribution in [1.29, 1.82) is 0 Å². The number of hydrogen-bond donors (Lipinski definition) is 3. The minimum atomic E-state index is -0.525. The van der Waals surface area contributed by atoms with Gasteiger partial charge in [-0.25, -0.2) is 0 Å². The minimum Gasteiger partial charge on any atom is -0.393 e. The molecule has 0 aromatic heterocycles. The zero-order valence-corrected chi connectivity index (χ0v) is 18.8. The van der Waals surface area contributed by atoms with Gasteiger partial charge in [0.1, 0.15) is 6.04 Å². The molecule has 0 aromatic carbocycles. The highest BCUT2D eigenvalue weighted by Gasteiger charge is 2.35. The molecule has 1 aliphatic rings. The first kappa shape index (κ1) is 24.9. The molecule has 1 saturated heterocycles. The molecular weight excluding hydrogens is 354 g/mol. The van der Waals surface area contributed by atoms with Crippen LogP contribution >= 0.6 is 0 Å². The summed E-state index contributed by atoms with van der Waals surface area (Å²) in [4.78, 5) is 28.3. The second-order valence-electron chi connectivity index (χ2n) is 8.80. The summed E-state index contributed by atoms with van der Waals surface area (Å²) in [5.41, 5.74) is 0. The Labute approximate surface area is 171 Å². The standard InChI is InChI=1S/C22H43N3O3/c1-7-13-25(19(15(3)4)14-17(6)26)22(28)20(16(5)8-2)24-21(27)18-11-9-10-12-23-18/h15-20,23,26H,7-14H2,1-6H3,(H,24,27). The molecule has 1 heterocycles. The Kier molecular flexibility index (Phi) is 11.1. The van der Waals surface area contributed by atoms with Gasteiger partial charge in [0.25, 0.3) is 0 Å². The van der Waals surface area contributed by atoms with Gasteiger partial charge in [-0.2, -0.15) is 0 Å². The van der Waals surface area contributed by atoms with E-state index in [4.69, 9.17) is 0 Å². The SMILES string of the molecule is CCCN(C(=O)C(NC(=O)C1CCCCN1)C(C)CC)C(CC(C)O)C(C)C. The molecule has 0 aromatic rings. The highest BCUT2D eigenvalue weighted by Crippen LogP contribution is 2.21. The Morgan fingerprint density at radius 2 is 1.86 bits per heavy atom. The zero-order chi connectivity index (χ0) is 21.3. The lowest BCUT2D eigenvalue weighted by molar-refractivity contribution is -0.142. The molecule has 0 radical (unpaired) electrons. The van der Waals surface area contributed by atoms with Crippen molar-refractivity contribution in [3.63, 3.8) is 0 Å². The molecule has 5 unspecified atom stereocenters. The van der Waals surface area contributed by atoms with Crippen LogP contribution in [0.2, 0.25) is 0 Å². The number of aliphatic hydroxyl groups is 1. The average Bonchev–Trinajstić information content (AvgIpc) is 2.67. The van der Waals surface area contributed by atoms with Crippen molar-refractivity contribution in [1.82, 2.24) is 15.5 Å². The lowest BCUT2D eigenvalue weighted by Crippen LogP contribution is -2.58. The van der Waals surface area contributed by atoms with Crippen LogP contribution in [0.1, 0.15) is 80.1 Å². The van der Waals surface area contributed by atoms with Gasteiger partial charge in [-0.05, 0) is 51.0 Å². The van der Waals surface area contributed by atoms with Crippen molar-refractivity contribution >= 4 is 11.8 Å². The van der Waals surface area contributed by atoms with E-state index in [1.165, 1.54) is 0 Å². The maximum atomic E-state index is 13.6. The Morgan fingerprint density at radius 3 is 2.32 bits per heavy atom. The van der Waals surface area contributed by atoms with Crippen LogP contribution in [0, 0.1) is 11.8 Å². The Hall–Kier alpha value is -1.14. The maximum absolute atomic E-state index is 13.6. The van der Waals surface area contributed by atoms with E-state index in [2.05, 4.69) is 38.3 Å². The first-order valence-corrected chi connectivity index (χ1v) is 11.2. The lowest BCUT2D eigenvalue weighted by atomic mass is 9.92. The number of aliphatic hydroxyl groups excluding tert-OH is 1. The van der Waals surface area contributed by atoms with E-state index in [1.54, 1.807) is 6.92 Å². The third-order valence-corrected chi connectivity index (χ3v) is 5.90. The summed E-state index contributed by atoms with van der Waals surface area (Å²) in [5.74, 6) is 0.211. The van der Waals surface area contributed by atoms with E-state index >= 15 is 0 Å². The molecule has 1 fully saturated rings. The van der Waals surface area contributed by atoms with Crippen LogP contribution in [0.25, 0.3) is 0 Å². The van der Waals surface area contributed by atoms with Gasteiger partial charge in [0.05, 0.1) is 12.1 Å². The molecule has 0 aliphatic carbocycles. The van der Waals surface area contributed by atoms with E-state index in [0.717, 1.165) is 38.6 Å². The van der Waals surface area contributed by atoms with E-state index < -0.39 is 12.1 Å². The van der Waals surface area contributed by atoms with Crippen LogP contribution in [0.3, 0.4) is 0 Å². The van der Waals surface area contributed by atoms with Crippen LogP contribution in [0.4, 0.5) is 0 Å². The molecule has 2 amide bonds. The Balaban J connectivity index is 3.03. The molecule has 6 nitrogen and oxygen atoms in total. The summed E-state index contributed by atoms with van der Waals surface area (Å²) < 4.78 is 0. The number of amides is 2. The molecule has 0 spiro atoms. The van der Waals surface area contributed by atoms with Gasteiger partial charge in [0, 0.05) is 12.6 Å². The van der Waals surface area contributed by atoms with Crippen LogP contribution < -0.4 is 10.6 Å². The fraction of sp³-hybridized carbons (Fsp3) is 0.909. The number of nitrogens with one attached hydrogen (secondary N) is 2. The monoisotopic (exact) mass is 397 g/mol. The van der Waals surface area contributed by atoms with E-state index in [9.17, 15) is 14.7 Å². The van der Waals surface area contributed by atoms with Gasteiger partial charge in [-0.15, -0.1) is 0 Å². The predicted molar refractivity (Wildman–Crippen MR) is 114 cm³/mol. The van der Waals surface area contributed by atoms with Crippen molar-refractivity contribution in [3.8, 4) is 0 Å². The first-order valence-electron chi connectivity index (χ1n) is 11.2. The molecule has 3 N–H and O–H groups in total. The van der Waals surface area contributed by atoms with Crippen LogP contribution in [-0.2, 0) is 9.59 Å². The number of rotatable bonds is 11. The lowest BCUT2D eigenvalue weighted by Gasteiger charge is -2.39. The van der Waals surface area contributed by atoms with Gasteiger partial charge in [-0.1, -0.05) is 47.5 Å². The molecule has 6 heteroatoms. The maximum Gasteiger partial charge on any atom is 0.245 e. The van der Waals surface area contributed by atoms with Gasteiger partial charge >= 0.3 is 0 Å². The summed E-state index contributed by atoms with van der Waals surface area (Å²) in [6, 6.07) is -0.766. The van der Waals surface area contributed by atoms with E-state index in [0.29, 0.717) is 13.0 Å². The van der Waals surface area contributed by atoms with Gasteiger partial charge in [0.2, 0.25) is 11.8 Å². The van der Waals surface area contributed by atoms with Crippen LogP contribution in [0.15, 0.2) is 0 Å². The number of piperidine rings is 1. The highest BCUT2D eigenvalue weighted by molar-refractivity contribution is 5.90. The van der Waals surface area contributed by atoms with Crippen molar-refractivity contribution in [3.05, 3.63) is 0 Å². The Morgan fingerprint density at radius 1 is 1.18 bits per heavy atom. The fourth-order valence-corrected chi connectivity index (χ4v) is 3.98. The molecule has 164 valence electrons. The minimum absolute atomic E-state index is 0.0142. The third-order valence-electron chi connectivity index (χ3n) is 5.90. The third kappa shape index (κ3) is 7.36. The van der Waals surface area contributed by atoms with Crippen molar-refractivity contribution in [2.75, 3.05) is 13.1 Å². The normalized spacial score (nSPS) is 21.6. The molecule has 0 saturated carbocycles. The van der Waals surface area contributed by atoms with Gasteiger partial charge < -0.3 is 20.6 Å². The molecule has 5 atom stereocenters. The van der Waals surface area contributed by atoms with Gasteiger partial charge in [-0.3, -0.25) is 9.59 Å². The summed E-state index contributed by atoms with van der Waals surface area (Å²) in [6.07, 6.45) is 4.70. The average molecular weight is 398 g/mol. The van der Waals surface area contributed by atoms with Crippen molar-refractivity contribution in [2.45, 2.75) is 104 Å². The van der Waals surface area contributed by atoms with E-state index in [1.807, 2.05) is 11.8 Å². The number of nitrogens with zero attached hydrogens (tertiary/aromatic N) is 1. The number of hydrogen-bond acceptors (Lipinski definition) is 4. The van der Waals surface area contributed by atoms with Crippen LogP contribution in [0.5, 0.6) is 0 Å². The largest absolute Gasteiger partial charge is 0.393 e. The quantitative estimate of drug-likeness (QED) is 0.501. The highest BCUT2D eigenvalue weighted by atomic mass is 16.3. The molecular formula is C22H43N3O3. The smallest absolute Gasteiger partial charge is 0.245 e. The summed E-state index contributed by atoms with van der Waals surface area (Å²) >= 11 is 0. The van der Waals surface area contributed by atoms with Crippen LogP contribution in [-0.4, -0.2) is 59.1 Å². The number of carbonyl (C=O) groups is 2. The van der Waals surface area contributed by atoms with E-state index in [-0.39, 0.29) is 35.7 Å². The van der Waals surface area contributed by atoms with Crippen molar-refractivity contribution < 1.29 is 14.7 Å². The first-order chi connectivity index (χ1) is 13.2. The second-order valence-corrected chi connectivity index (χ2v) is 8.80. The van der Waals surface area contributed by atoms with Crippen molar-refractivity contribution in [2.24, 2.45) is 11.8 Å².